The van der Waals surface area contributed by atoms with Gasteiger partial charge in [-0.05, 0) is 135 Å². The van der Waals surface area contributed by atoms with Crippen LogP contribution in [-0.4, -0.2) is 65.9 Å². The summed E-state index contributed by atoms with van der Waals surface area (Å²) in [6, 6.07) is 0.533. The van der Waals surface area contributed by atoms with Crippen molar-refractivity contribution in [3.8, 4) is 0 Å². The van der Waals surface area contributed by atoms with Gasteiger partial charge in [0.25, 0.3) is 0 Å². The lowest BCUT2D eigenvalue weighted by Gasteiger charge is -2.72. The van der Waals surface area contributed by atoms with Crippen LogP contribution < -0.4 is 0 Å². The molecule has 0 radical (unpaired) electrons. The van der Waals surface area contributed by atoms with Gasteiger partial charge in [-0.3, -0.25) is 9.59 Å². The molecule has 1 saturated heterocycles. The van der Waals surface area contributed by atoms with Crippen LogP contribution in [0.1, 0.15) is 119 Å². The molecule has 4 saturated carbocycles. The Balaban J connectivity index is 1.38. The Labute approximate surface area is 256 Å². The second-order valence-electron chi connectivity index (χ2n) is 17.6. The highest BCUT2D eigenvalue weighted by molar-refractivity contribution is 6.07. The van der Waals surface area contributed by atoms with Crippen LogP contribution in [0.3, 0.4) is 0 Å². The van der Waals surface area contributed by atoms with Crippen molar-refractivity contribution in [3.05, 3.63) is 11.1 Å². The van der Waals surface area contributed by atoms with E-state index < -0.39 is 5.41 Å². The van der Waals surface area contributed by atoms with Crippen LogP contribution in [0.4, 0.5) is 0 Å². The fourth-order valence-electron chi connectivity index (χ4n) is 12.8. The Bertz CT molecular complexity index is 1160. The van der Waals surface area contributed by atoms with Crippen molar-refractivity contribution in [3.63, 3.8) is 0 Å². The summed E-state index contributed by atoms with van der Waals surface area (Å²) in [7, 11) is 4.30. The number of hydrogen-bond donors (Lipinski definition) is 1. The molecule has 6 rings (SSSR count). The molecule has 0 aromatic carbocycles. The first-order valence-electron chi connectivity index (χ1n) is 17.5. The van der Waals surface area contributed by atoms with E-state index in [4.69, 9.17) is 0 Å². The Hall–Kier alpha value is -1.20. The van der Waals surface area contributed by atoms with Crippen LogP contribution in [0.15, 0.2) is 11.1 Å². The molecule has 6 aliphatic rings. The highest BCUT2D eigenvalue weighted by Gasteiger charge is 2.71. The number of Topliss-reactive ketones (excluding diaryl/α,β-unsaturated/α-hetero) is 1. The normalized spacial score (nSPS) is 45.5. The summed E-state index contributed by atoms with van der Waals surface area (Å²) in [5.41, 5.74) is 2.11. The molecule has 5 fully saturated rings. The minimum absolute atomic E-state index is 0.0501. The number of likely N-dealkylation sites (tertiary alicyclic amines) is 1. The standard InChI is InChI=1S/C37H60N2O3/c1-23(2)30-26(40)22-37(32(42)39-20-14-24(15-21-39)38(8)9)19-18-35(6)25(31(30)37)10-11-28-34(5)16-13-29(41)33(3,4)27(34)12-17-36(28,35)7/h23-25,27-29,41H,10-22H2,1-9H3/t25-,27+,28-,29+,34+,35-,36-,37-/m1/s1. The molecule has 5 heteroatoms. The van der Waals surface area contributed by atoms with Crippen molar-refractivity contribution < 1.29 is 14.7 Å². The van der Waals surface area contributed by atoms with E-state index >= 15 is 0 Å². The SMILES string of the molecule is CC(C)C1=C2[C@H]3CC[C@@H]4[C@@]5(C)CC[C@H](O)C(C)(C)[C@@H]5CC[C@@]4(C)[C@]3(C)CC[C@@]2(C(=O)N2CCC(N(C)C)CC2)CC1=O. The van der Waals surface area contributed by atoms with Crippen molar-refractivity contribution in [1.29, 1.82) is 0 Å². The van der Waals surface area contributed by atoms with Gasteiger partial charge in [-0.25, -0.2) is 0 Å². The number of aliphatic hydroxyl groups excluding tert-OH is 1. The summed E-state index contributed by atoms with van der Waals surface area (Å²) >= 11 is 0. The molecule has 0 aromatic heterocycles. The second-order valence-corrected chi connectivity index (χ2v) is 17.6. The molecule has 0 bridgehead atoms. The summed E-state index contributed by atoms with van der Waals surface area (Å²) in [5.74, 6) is 2.15. The summed E-state index contributed by atoms with van der Waals surface area (Å²) < 4.78 is 0. The average molecular weight is 581 g/mol. The highest BCUT2D eigenvalue weighted by Crippen LogP contribution is 2.76. The molecule has 5 aliphatic carbocycles. The van der Waals surface area contributed by atoms with E-state index in [0.717, 1.165) is 63.6 Å². The summed E-state index contributed by atoms with van der Waals surface area (Å²) in [6.07, 6.45) is 10.8. The van der Waals surface area contributed by atoms with Crippen molar-refractivity contribution >= 4 is 11.7 Å². The largest absolute Gasteiger partial charge is 0.393 e. The van der Waals surface area contributed by atoms with E-state index in [-0.39, 0.29) is 45.4 Å². The zero-order valence-electron chi connectivity index (χ0n) is 28.3. The van der Waals surface area contributed by atoms with Crippen LogP contribution in [-0.2, 0) is 9.59 Å². The van der Waals surface area contributed by atoms with Crippen LogP contribution in [0.5, 0.6) is 0 Å². The van der Waals surface area contributed by atoms with Crippen molar-refractivity contribution in [2.75, 3.05) is 27.2 Å². The maximum Gasteiger partial charge on any atom is 0.233 e. The molecule has 236 valence electrons. The smallest absolute Gasteiger partial charge is 0.233 e. The molecule has 1 amide bonds. The number of carbonyl (C=O) groups excluding carboxylic acids is 2. The van der Waals surface area contributed by atoms with Gasteiger partial charge < -0.3 is 14.9 Å². The van der Waals surface area contributed by atoms with E-state index in [1.165, 1.54) is 24.8 Å². The third-order valence-electron chi connectivity index (χ3n) is 15.3. The lowest BCUT2D eigenvalue weighted by atomic mass is 9.33. The molecular weight excluding hydrogens is 520 g/mol. The molecular formula is C37H60N2O3. The number of amides is 1. The Kier molecular flexibility index (Phi) is 7.26. The van der Waals surface area contributed by atoms with Gasteiger partial charge in [0.05, 0.1) is 11.5 Å². The zero-order valence-corrected chi connectivity index (χ0v) is 28.3. The summed E-state index contributed by atoms with van der Waals surface area (Å²) in [5, 5.41) is 11.1. The number of nitrogens with zero attached hydrogens (tertiary/aromatic N) is 2. The zero-order chi connectivity index (χ0) is 30.6. The number of carbonyl (C=O) groups is 2. The molecule has 42 heavy (non-hydrogen) atoms. The van der Waals surface area contributed by atoms with E-state index in [0.29, 0.717) is 30.2 Å². The predicted molar refractivity (Wildman–Crippen MR) is 169 cm³/mol. The molecule has 0 spiro atoms. The molecule has 8 atom stereocenters. The van der Waals surface area contributed by atoms with Gasteiger partial charge in [-0.15, -0.1) is 0 Å². The maximum atomic E-state index is 14.7. The van der Waals surface area contributed by atoms with E-state index in [9.17, 15) is 14.7 Å². The van der Waals surface area contributed by atoms with Gasteiger partial charge in [0.1, 0.15) is 0 Å². The van der Waals surface area contributed by atoms with Crippen LogP contribution >= 0.6 is 0 Å². The van der Waals surface area contributed by atoms with Crippen molar-refractivity contribution in [1.82, 2.24) is 9.80 Å². The average Bonchev–Trinajstić information content (AvgIpc) is 3.24. The minimum Gasteiger partial charge on any atom is -0.393 e. The summed E-state index contributed by atoms with van der Waals surface area (Å²) in [6.45, 7) is 18.4. The van der Waals surface area contributed by atoms with Gasteiger partial charge in [-0.2, -0.15) is 0 Å². The molecule has 0 unspecified atom stereocenters. The fraction of sp³-hybridized carbons (Fsp3) is 0.892. The van der Waals surface area contributed by atoms with E-state index in [2.05, 4.69) is 72.4 Å². The van der Waals surface area contributed by atoms with Crippen molar-refractivity contribution in [2.24, 2.45) is 50.7 Å². The van der Waals surface area contributed by atoms with Crippen molar-refractivity contribution in [2.45, 2.75) is 131 Å². The number of aliphatic hydroxyl groups is 1. The Morgan fingerprint density at radius 2 is 1.52 bits per heavy atom. The second kappa shape index (κ2) is 9.90. The Morgan fingerprint density at radius 1 is 0.857 bits per heavy atom. The minimum atomic E-state index is -0.618. The number of piperidine rings is 1. The molecule has 1 aliphatic heterocycles. The van der Waals surface area contributed by atoms with Gasteiger partial charge in [0, 0.05) is 25.6 Å². The van der Waals surface area contributed by atoms with Gasteiger partial charge in [0.15, 0.2) is 5.78 Å². The summed E-state index contributed by atoms with van der Waals surface area (Å²) in [4.78, 5) is 33.1. The lowest BCUT2D eigenvalue weighted by molar-refractivity contribution is -0.228. The third-order valence-corrected chi connectivity index (χ3v) is 15.3. The maximum absolute atomic E-state index is 14.7. The number of hydrogen-bond acceptors (Lipinski definition) is 4. The quantitative estimate of drug-likeness (QED) is 0.395. The monoisotopic (exact) mass is 580 g/mol. The number of fused-ring (bicyclic) bond motifs is 7. The van der Waals surface area contributed by atoms with Crippen LogP contribution in [0.25, 0.3) is 0 Å². The molecule has 1 N–H and O–H groups in total. The van der Waals surface area contributed by atoms with Gasteiger partial charge in [-0.1, -0.05) is 48.5 Å². The van der Waals surface area contributed by atoms with E-state index in [1.807, 2.05) is 0 Å². The fourth-order valence-corrected chi connectivity index (χ4v) is 12.8. The number of allylic oxidation sites excluding steroid dienone is 1. The predicted octanol–water partition coefficient (Wildman–Crippen LogP) is 6.88. The van der Waals surface area contributed by atoms with Gasteiger partial charge >= 0.3 is 0 Å². The molecule has 5 nitrogen and oxygen atoms in total. The lowest BCUT2D eigenvalue weighted by Crippen LogP contribution is -2.66. The Morgan fingerprint density at radius 3 is 2.14 bits per heavy atom. The van der Waals surface area contributed by atoms with E-state index in [1.54, 1.807) is 0 Å². The third kappa shape index (κ3) is 3.93. The first-order valence-corrected chi connectivity index (χ1v) is 17.5. The highest BCUT2D eigenvalue weighted by atomic mass is 16.3. The molecule has 0 aromatic rings. The first kappa shape index (κ1) is 30.8. The first-order chi connectivity index (χ1) is 19.5. The topological polar surface area (TPSA) is 60.9 Å². The molecule has 1 heterocycles. The van der Waals surface area contributed by atoms with Crippen LogP contribution in [0, 0.1) is 50.7 Å². The van der Waals surface area contributed by atoms with Crippen LogP contribution in [0.2, 0.25) is 0 Å². The number of ketones is 1. The number of rotatable bonds is 3. The van der Waals surface area contributed by atoms with Gasteiger partial charge in [0.2, 0.25) is 5.91 Å².